The maximum Gasteiger partial charge on any atom is 0.350 e. The minimum Gasteiger partial charge on any atom is -0.507 e. The first kappa shape index (κ1) is 24.4. The number of carbonyl (C=O) groups excluding carboxylic acids is 3. The van der Waals surface area contributed by atoms with E-state index in [-0.39, 0.29) is 34.1 Å². The summed E-state index contributed by atoms with van der Waals surface area (Å²) in [6, 6.07) is 7.55. The van der Waals surface area contributed by atoms with Gasteiger partial charge in [0.25, 0.3) is 5.78 Å². The number of nitrogens with zero attached hydrogens (tertiary/aromatic N) is 3. The van der Waals surface area contributed by atoms with Gasteiger partial charge in [-0.15, -0.1) is 0 Å². The number of esters is 1. The molecule has 3 aromatic rings. The molecule has 4 heterocycles. The van der Waals surface area contributed by atoms with E-state index in [0.717, 1.165) is 22.6 Å². The standard InChI is InChI=1S/C27H23N3O6S/c1-4-10-35-26(34)24-15(3)29-27(37-24)30-21(17-6-5-9-28-13-17)20(23(32)25(30)33)22(31)16-7-8-19-18(12-16)11-14(2)36-19/h4-9,12-14,21,31H,1,10-11H2,2-3H3. The molecular formula is C27H23N3O6S. The lowest BCUT2D eigenvalue weighted by Crippen LogP contribution is -2.29. The van der Waals surface area contributed by atoms with Crippen LogP contribution in [-0.4, -0.2) is 45.4 Å². The van der Waals surface area contributed by atoms with E-state index in [1.54, 1.807) is 43.5 Å². The van der Waals surface area contributed by atoms with Crippen LogP contribution in [-0.2, 0) is 20.7 Å². The molecule has 1 aromatic carbocycles. The summed E-state index contributed by atoms with van der Waals surface area (Å²) < 4.78 is 10.9. The molecule has 2 aliphatic rings. The highest BCUT2D eigenvalue weighted by Crippen LogP contribution is 2.44. The largest absolute Gasteiger partial charge is 0.507 e. The van der Waals surface area contributed by atoms with E-state index in [0.29, 0.717) is 23.2 Å². The van der Waals surface area contributed by atoms with Crippen molar-refractivity contribution in [2.75, 3.05) is 11.5 Å². The van der Waals surface area contributed by atoms with E-state index in [9.17, 15) is 19.5 Å². The van der Waals surface area contributed by atoms with Gasteiger partial charge in [0.1, 0.15) is 29.1 Å². The van der Waals surface area contributed by atoms with Crippen LogP contribution in [0.2, 0.25) is 0 Å². The van der Waals surface area contributed by atoms with Crippen molar-refractivity contribution >= 4 is 39.9 Å². The van der Waals surface area contributed by atoms with Crippen molar-refractivity contribution in [2.24, 2.45) is 0 Å². The molecule has 1 amide bonds. The second kappa shape index (κ2) is 9.62. The van der Waals surface area contributed by atoms with Crippen molar-refractivity contribution in [3.63, 3.8) is 0 Å². The molecule has 0 aliphatic carbocycles. The first-order chi connectivity index (χ1) is 17.8. The number of aliphatic hydroxyl groups excluding tert-OH is 1. The van der Waals surface area contributed by atoms with Gasteiger partial charge in [0.2, 0.25) is 0 Å². The lowest BCUT2D eigenvalue weighted by molar-refractivity contribution is -0.132. The molecule has 9 nitrogen and oxygen atoms in total. The van der Waals surface area contributed by atoms with E-state index < -0.39 is 23.7 Å². The second-order valence-electron chi connectivity index (χ2n) is 8.71. The van der Waals surface area contributed by atoms with Gasteiger partial charge in [-0.05, 0) is 49.2 Å². The van der Waals surface area contributed by atoms with Crippen LogP contribution in [0, 0.1) is 6.92 Å². The minimum atomic E-state index is -1.00. The highest BCUT2D eigenvalue weighted by Gasteiger charge is 2.48. The molecule has 0 saturated carbocycles. The molecule has 37 heavy (non-hydrogen) atoms. The van der Waals surface area contributed by atoms with Gasteiger partial charge in [0.15, 0.2) is 5.13 Å². The molecule has 0 radical (unpaired) electrons. The number of anilines is 1. The van der Waals surface area contributed by atoms with Gasteiger partial charge < -0.3 is 14.6 Å². The molecular weight excluding hydrogens is 494 g/mol. The summed E-state index contributed by atoms with van der Waals surface area (Å²) in [6.45, 7) is 7.12. The molecule has 10 heteroatoms. The zero-order chi connectivity index (χ0) is 26.3. The number of hydrogen-bond donors (Lipinski definition) is 1. The fourth-order valence-electron chi connectivity index (χ4n) is 4.48. The molecule has 2 atom stereocenters. The summed E-state index contributed by atoms with van der Waals surface area (Å²) in [5.41, 5.74) is 2.07. The molecule has 1 N–H and O–H groups in total. The number of aromatic nitrogens is 2. The van der Waals surface area contributed by atoms with Crippen LogP contribution in [0.4, 0.5) is 5.13 Å². The van der Waals surface area contributed by atoms with Crippen molar-refractivity contribution < 1.29 is 29.0 Å². The van der Waals surface area contributed by atoms with Crippen molar-refractivity contribution in [3.05, 3.63) is 88.2 Å². The van der Waals surface area contributed by atoms with Crippen molar-refractivity contribution in [2.45, 2.75) is 32.4 Å². The lowest BCUT2D eigenvalue weighted by Gasteiger charge is -2.22. The normalized spacial score (nSPS) is 20.0. The van der Waals surface area contributed by atoms with E-state index in [2.05, 4.69) is 16.5 Å². The van der Waals surface area contributed by atoms with E-state index in [1.807, 2.05) is 6.92 Å². The number of aryl methyl sites for hydroxylation is 1. The molecule has 0 spiro atoms. The monoisotopic (exact) mass is 517 g/mol. The van der Waals surface area contributed by atoms with E-state index in [4.69, 9.17) is 9.47 Å². The van der Waals surface area contributed by atoms with Crippen molar-refractivity contribution in [1.82, 2.24) is 9.97 Å². The molecule has 1 saturated heterocycles. The fourth-order valence-corrected chi connectivity index (χ4v) is 5.47. The van der Waals surface area contributed by atoms with Crippen LogP contribution >= 0.6 is 11.3 Å². The summed E-state index contributed by atoms with van der Waals surface area (Å²) in [4.78, 5) is 49.2. The summed E-state index contributed by atoms with van der Waals surface area (Å²) in [5, 5.41) is 11.5. The average Bonchev–Trinajstić information content (AvgIpc) is 3.54. The summed E-state index contributed by atoms with van der Waals surface area (Å²) >= 11 is 0.937. The predicted molar refractivity (Wildman–Crippen MR) is 137 cm³/mol. The van der Waals surface area contributed by atoms with Crippen LogP contribution in [0.15, 0.2) is 61.0 Å². The Morgan fingerprint density at radius 3 is 2.89 bits per heavy atom. The number of rotatable bonds is 6. The topological polar surface area (TPSA) is 119 Å². The maximum absolute atomic E-state index is 13.4. The van der Waals surface area contributed by atoms with Gasteiger partial charge in [-0.3, -0.25) is 19.5 Å². The number of ether oxygens (including phenoxy) is 2. The van der Waals surface area contributed by atoms with Gasteiger partial charge in [-0.25, -0.2) is 9.78 Å². The summed E-state index contributed by atoms with van der Waals surface area (Å²) in [6.07, 6.45) is 5.21. The van der Waals surface area contributed by atoms with Crippen molar-refractivity contribution in [1.29, 1.82) is 0 Å². The molecule has 1 fully saturated rings. The summed E-state index contributed by atoms with van der Waals surface area (Å²) in [5.74, 6) is -1.92. The second-order valence-corrected chi connectivity index (χ2v) is 9.69. The third-order valence-corrected chi connectivity index (χ3v) is 7.26. The SMILES string of the molecule is C=CCOC(=O)c1sc(N2C(=O)C(=O)C(=C(O)c3ccc4c(c3)CC(C)O4)C2c2cccnc2)nc1C. The number of hydrogen-bond acceptors (Lipinski definition) is 9. The first-order valence-electron chi connectivity index (χ1n) is 11.6. The number of fused-ring (bicyclic) bond motifs is 1. The van der Waals surface area contributed by atoms with Crippen molar-refractivity contribution in [3.8, 4) is 5.75 Å². The predicted octanol–water partition coefficient (Wildman–Crippen LogP) is 4.14. The Bertz CT molecular complexity index is 1460. The highest BCUT2D eigenvalue weighted by molar-refractivity contribution is 7.17. The number of Topliss-reactive ketones (excluding diaryl/α,β-unsaturated/α-hetero) is 1. The van der Waals surface area contributed by atoms with E-state index >= 15 is 0 Å². The van der Waals surface area contributed by atoms with Crippen LogP contribution in [0.3, 0.4) is 0 Å². The van der Waals surface area contributed by atoms with Crippen LogP contribution in [0.25, 0.3) is 5.76 Å². The first-order valence-corrected chi connectivity index (χ1v) is 12.4. The smallest absolute Gasteiger partial charge is 0.350 e. The van der Waals surface area contributed by atoms with Gasteiger partial charge >= 0.3 is 11.9 Å². The zero-order valence-corrected chi connectivity index (χ0v) is 20.9. The number of pyridine rings is 1. The minimum absolute atomic E-state index is 0.00822. The number of benzene rings is 1. The molecule has 2 unspecified atom stereocenters. The Hall–Kier alpha value is -4.31. The Labute approximate surface area is 216 Å². The fraction of sp³-hybridized carbons (Fsp3) is 0.222. The number of carbonyl (C=O) groups is 3. The Morgan fingerprint density at radius 2 is 2.16 bits per heavy atom. The summed E-state index contributed by atoms with van der Waals surface area (Å²) in [7, 11) is 0. The highest BCUT2D eigenvalue weighted by atomic mass is 32.1. The number of thiazole rings is 1. The lowest BCUT2D eigenvalue weighted by atomic mass is 9.95. The zero-order valence-electron chi connectivity index (χ0n) is 20.1. The third kappa shape index (κ3) is 4.29. The Kier molecular flexibility index (Phi) is 6.34. The molecule has 0 bridgehead atoms. The van der Waals surface area contributed by atoms with Gasteiger partial charge in [-0.2, -0.15) is 0 Å². The molecule has 5 rings (SSSR count). The molecule has 2 aliphatic heterocycles. The van der Waals surface area contributed by atoms with Gasteiger partial charge in [0, 0.05) is 24.4 Å². The quantitative estimate of drug-likeness (QED) is 0.170. The molecule has 2 aromatic heterocycles. The molecule has 188 valence electrons. The number of amides is 1. The number of ketones is 1. The Morgan fingerprint density at radius 1 is 1.35 bits per heavy atom. The van der Waals surface area contributed by atoms with Gasteiger partial charge in [-0.1, -0.05) is 30.1 Å². The number of aliphatic hydroxyl groups is 1. The van der Waals surface area contributed by atoms with Crippen LogP contribution in [0.1, 0.15) is 45.0 Å². The van der Waals surface area contributed by atoms with Crippen LogP contribution in [0.5, 0.6) is 5.75 Å². The van der Waals surface area contributed by atoms with Gasteiger partial charge in [0.05, 0.1) is 17.3 Å². The Balaban J connectivity index is 1.63. The van der Waals surface area contributed by atoms with Crippen LogP contribution < -0.4 is 9.64 Å². The maximum atomic E-state index is 13.4. The average molecular weight is 518 g/mol. The van der Waals surface area contributed by atoms with E-state index in [1.165, 1.54) is 17.2 Å². The third-order valence-electron chi connectivity index (χ3n) is 6.12.